The minimum Gasteiger partial charge on any atom is -0.496 e. The molecular weight excluding hydrogens is 302 g/mol. The second-order valence-corrected chi connectivity index (χ2v) is 6.34. The lowest BCUT2D eigenvalue weighted by molar-refractivity contribution is -0.0617. The predicted molar refractivity (Wildman–Crippen MR) is 95.1 cm³/mol. The molecule has 1 heterocycles. The number of hydrogen-bond donors (Lipinski definition) is 2. The van der Waals surface area contributed by atoms with Crippen molar-refractivity contribution >= 4 is 0 Å². The largest absolute Gasteiger partial charge is 0.496 e. The molecule has 1 aliphatic heterocycles. The van der Waals surface area contributed by atoms with Crippen LogP contribution in [0, 0.1) is 0 Å². The van der Waals surface area contributed by atoms with E-state index in [0.717, 1.165) is 23.4 Å². The highest BCUT2D eigenvalue weighted by molar-refractivity contribution is 5.70. The lowest BCUT2D eigenvalue weighted by Gasteiger charge is -2.32. The molecule has 0 unspecified atom stereocenters. The first-order valence-corrected chi connectivity index (χ1v) is 8.43. The van der Waals surface area contributed by atoms with E-state index in [1.54, 1.807) is 7.11 Å². The number of aliphatic hydroxyl groups is 1. The molecule has 0 atom stereocenters. The molecule has 0 saturated carbocycles. The Morgan fingerprint density at radius 3 is 2.50 bits per heavy atom. The number of methoxy groups -OCH3 is 1. The van der Waals surface area contributed by atoms with Crippen molar-refractivity contribution in [1.82, 2.24) is 5.32 Å². The third kappa shape index (κ3) is 4.15. The lowest BCUT2D eigenvalue weighted by atomic mass is 9.94. The molecule has 24 heavy (non-hydrogen) atoms. The molecule has 0 aliphatic carbocycles. The Kier molecular flexibility index (Phi) is 5.51. The molecule has 0 amide bonds. The van der Waals surface area contributed by atoms with Crippen LogP contribution in [0.2, 0.25) is 0 Å². The van der Waals surface area contributed by atoms with Crippen LogP contribution >= 0.6 is 0 Å². The summed E-state index contributed by atoms with van der Waals surface area (Å²) in [7, 11) is 1.69. The molecule has 0 bridgehead atoms. The van der Waals surface area contributed by atoms with Gasteiger partial charge < -0.3 is 19.9 Å². The molecule has 2 N–H and O–H groups in total. The van der Waals surface area contributed by atoms with Gasteiger partial charge in [-0.2, -0.15) is 0 Å². The van der Waals surface area contributed by atoms with Crippen molar-refractivity contribution in [2.75, 3.05) is 26.9 Å². The number of nitrogens with one attached hydrogen (secondary N) is 1. The molecular formula is C20H25NO3. The van der Waals surface area contributed by atoms with Crippen molar-refractivity contribution in [2.24, 2.45) is 0 Å². The van der Waals surface area contributed by atoms with Gasteiger partial charge in [0, 0.05) is 44.7 Å². The fraction of sp³-hybridized carbons (Fsp3) is 0.400. The standard InChI is InChI=1S/C20H25NO3/c1-23-19-5-3-2-4-18(19)17-8-6-16(7-9-17)14-21-15-20(22)10-12-24-13-11-20/h2-9,21-22H,10-15H2,1H3. The van der Waals surface area contributed by atoms with E-state index in [0.29, 0.717) is 32.6 Å². The van der Waals surface area contributed by atoms with E-state index in [1.165, 1.54) is 5.56 Å². The Hall–Kier alpha value is -1.88. The fourth-order valence-electron chi connectivity index (χ4n) is 3.05. The fourth-order valence-corrected chi connectivity index (χ4v) is 3.05. The maximum Gasteiger partial charge on any atom is 0.126 e. The maximum absolute atomic E-state index is 10.4. The average molecular weight is 327 g/mol. The molecule has 0 radical (unpaired) electrons. The van der Waals surface area contributed by atoms with Gasteiger partial charge in [0.2, 0.25) is 0 Å². The van der Waals surface area contributed by atoms with Crippen molar-refractivity contribution in [2.45, 2.75) is 25.0 Å². The van der Waals surface area contributed by atoms with Gasteiger partial charge >= 0.3 is 0 Å². The van der Waals surface area contributed by atoms with Crippen LogP contribution in [0.15, 0.2) is 48.5 Å². The van der Waals surface area contributed by atoms with Gasteiger partial charge in [0.15, 0.2) is 0 Å². The van der Waals surface area contributed by atoms with Crippen LogP contribution in [0.3, 0.4) is 0 Å². The van der Waals surface area contributed by atoms with Gasteiger partial charge in [0.25, 0.3) is 0 Å². The Bertz CT molecular complexity index is 648. The number of benzene rings is 2. The molecule has 0 aromatic heterocycles. The number of ether oxygens (including phenoxy) is 2. The second kappa shape index (κ2) is 7.79. The Labute approximate surface area is 143 Å². The summed E-state index contributed by atoms with van der Waals surface area (Å²) in [6, 6.07) is 16.5. The molecule has 3 rings (SSSR count). The summed E-state index contributed by atoms with van der Waals surface area (Å²) < 4.78 is 10.7. The van der Waals surface area contributed by atoms with E-state index in [9.17, 15) is 5.11 Å². The highest BCUT2D eigenvalue weighted by atomic mass is 16.5. The van der Waals surface area contributed by atoms with Crippen molar-refractivity contribution in [3.05, 3.63) is 54.1 Å². The monoisotopic (exact) mass is 327 g/mol. The van der Waals surface area contributed by atoms with Gasteiger partial charge in [0.1, 0.15) is 5.75 Å². The van der Waals surface area contributed by atoms with Crippen LogP contribution in [0.25, 0.3) is 11.1 Å². The van der Waals surface area contributed by atoms with Crippen molar-refractivity contribution in [1.29, 1.82) is 0 Å². The van der Waals surface area contributed by atoms with Gasteiger partial charge in [-0.1, -0.05) is 42.5 Å². The van der Waals surface area contributed by atoms with Crippen LogP contribution in [-0.4, -0.2) is 37.6 Å². The Balaban J connectivity index is 1.58. The molecule has 4 nitrogen and oxygen atoms in total. The van der Waals surface area contributed by atoms with Crippen LogP contribution in [0.5, 0.6) is 5.75 Å². The maximum atomic E-state index is 10.4. The van der Waals surface area contributed by atoms with Crippen LogP contribution in [-0.2, 0) is 11.3 Å². The summed E-state index contributed by atoms with van der Waals surface area (Å²) in [5.41, 5.74) is 2.80. The Morgan fingerprint density at radius 2 is 1.79 bits per heavy atom. The quantitative estimate of drug-likeness (QED) is 0.856. The lowest BCUT2D eigenvalue weighted by Crippen LogP contribution is -2.44. The number of para-hydroxylation sites is 1. The van der Waals surface area contributed by atoms with E-state index in [4.69, 9.17) is 9.47 Å². The van der Waals surface area contributed by atoms with Gasteiger partial charge in [0.05, 0.1) is 12.7 Å². The van der Waals surface area contributed by atoms with Crippen LogP contribution in [0.1, 0.15) is 18.4 Å². The normalized spacial score (nSPS) is 16.8. The molecule has 2 aromatic rings. The molecule has 128 valence electrons. The topological polar surface area (TPSA) is 50.7 Å². The first-order chi connectivity index (χ1) is 11.7. The summed E-state index contributed by atoms with van der Waals surface area (Å²) in [5, 5.41) is 13.8. The van der Waals surface area contributed by atoms with Crippen molar-refractivity contribution in [3.8, 4) is 16.9 Å². The minimum absolute atomic E-state index is 0.602. The first kappa shape index (κ1) is 17.0. The summed E-state index contributed by atoms with van der Waals surface area (Å²) >= 11 is 0. The van der Waals surface area contributed by atoms with Crippen LogP contribution in [0.4, 0.5) is 0 Å². The molecule has 2 aromatic carbocycles. The van der Waals surface area contributed by atoms with E-state index < -0.39 is 5.60 Å². The van der Waals surface area contributed by atoms with E-state index in [-0.39, 0.29) is 0 Å². The second-order valence-electron chi connectivity index (χ2n) is 6.34. The third-order valence-corrected chi connectivity index (χ3v) is 4.58. The molecule has 1 aliphatic rings. The van der Waals surface area contributed by atoms with Gasteiger partial charge in [-0.05, 0) is 17.2 Å². The number of hydrogen-bond acceptors (Lipinski definition) is 4. The zero-order chi connectivity index (χ0) is 16.8. The highest BCUT2D eigenvalue weighted by Crippen LogP contribution is 2.29. The summed E-state index contributed by atoms with van der Waals surface area (Å²) in [6.07, 6.45) is 1.40. The zero-order valence-electron chi connectivity index (χ0n) is 14.1. The average Bonchev–Trinajstić information content (AvgIpc) is 2.63. The van der Waals surface area contributed by atoms with Crippen molar-refractivity contribution < 1.29 is 14.6 Å². The number of rotatable bonds is 6. The zero-order valence-corrected chi connectivity index (χ0v) is 14.1. The molecule has 1 saturated heterocycles. The SMILES string of the molecule is COc1ccccc1-c1ccc(CNCC2(O)CCOCC2)cc1. The van der Waals surface area contributed by atoms with E-state index >= 15 is 0 Å². The summed E-state index contributed by atoms with van der Waals surface area (Å²) in [4.78, 5) is 0. The summed E-state index contributed by atoms with van der Waals surface area (Å²) in [6.45, 7) is 2.64. The van der Waals surface area contributed by atoms with Gasteiger partial charge in [-0.3, -0.25) is 0 Å². The van der Waals surface area contributed by atoms with Gasteiger partial charge in [-0.25, -0.2) is 0 Å². The van der Waals surface area contributed by atoms with E-state index in [2.05, 4.69) is 35.6 Å². The molecule has 1 fully saturated rings. The van der Waals surface area contributed by atoms with Crippen molar-refractivity contribution in [3.63, 3.8) is 0 Å². The third-order valence-electron chi connectivity index (χ3n) is 4.58. The van der Waals surface area contributed by atoms with E-state index in [1.807, 2.05) is 18.2 Å². The Morgan fingerprint density at radius 1 is 1.08 bits per heavy atom. The smallest absolute Gasteiger partial charge is 0.126 e. The molecule has 4 heteroatoms. The highest BCUT2D eigenvalue weighted by Gasteiger charge is 2.28. The van der Waals surface area contributed by atoms with Crippen LogP contribution < -0.4 is 10.1 Å². The molecule has 0 spiro atoms. The van der Waals surface area contributed by atoms with Gasteiger partial charge in [-0.15, -0.1) is 0 Å². The summed E-state index contributed by atoms with van der Waals surface area (Å²) in [5.74, 6) is 0.880. The first-order valence-electron chi connectivity index (χ1n) is 8.43. The predicted octanol–water partition coefficient (Wildman–Crippen LogP) is 2.99. The minimum atomic E-state index is -0.629.